The third-order valence-corrected chi connectivity index (χ3v) is 2.79. The number of aldehydes is 1. The fourth-order valence-corrected chi connectivity index (χ4v) is 1.57. The van der Waals surface area contributed by atoms with Crippen molar-refractivity contribution in [1.29, 1.82) is 0 Å². The van der Waals surface area contributed by atoms with Crippen molar-refractivity contribution in [1.82, 2.24) is 0 Å². The van der Waals surface area contributed by atoms with E-state index in [1.165, 1.54) is 0 Å². The molecule has 0 amide bonds. The first-order valence-corrected chi connectivity index (χ1v) is 4.44. The Balaban J connectivity index is 2.42. The number of phenols is 1. The quantitative estimate of drug-likeness (QED) is 0.699. The van der Waals surface area contributed by atoms with Gasteiger partial charge in [0.2, 0.25) is 0 Å². The van der Waals surface area contributed by atoms with Crippen molar-refractivity contribution in [2.75, 3.05) is 0 Å². The van der Waals surface area contributed by atoms with Gasteiger partial charge in [0.15, 0.2) is 0 Å². The van der Waals surface area contributed by atoms with Gasteiger partial charge in [-0.3, -0.25) is 0 Å². The molecule has 2 nitrogen and oxygen atoms in total. The average molecular weight is 176 g/mol. The van der Waals surface area contributed by atoms with Crippen molar-refractivity contribution in [3.05, 3.63) is 29.3 Å². The van der Waals surface area contributed by atoms with Crippen LogP contribution in [0.25, 0.3) is 0 Å². The second-order valence-electron chi connectivity index (χ2n) is 3.78. The molecule has 0 aromatic heterocycles. The molecular formula is C11H12O2. The number of carbonyl (C=O) groups excluding carboxylic acids is 1. The van der Waals surface area contributed by atoms with Crippen molar-refractivity contribution in [3.63, 3.8) is 0 Å². The maximum absolute atomic E-state index is 10.8. The molecule has 0 unspecified atom stereocenters. The monoisotopic (exact) mass is 176 g/mol. The van der Waals surface area contributed by atoms with Crippen molar-refractivity contribution in [2.24, 2.45) is 0 Å². The second-order valence-corrected chi connectivity index (χ2v) is 3.78. The molecule has 0 bridgehead atoms. The molecule has 0 spiro atoms. The highest BCUT2D eigenvalue weighted by molar-refractivity contribution is 5.73. The Morgan fingerprint density at radius 1 is 1.46 bits per heavy atom. The van der Waals surface area contributed by atoms with E-state index in [-0.39, 0.29) is 5.41 Å². The summed E-state index contributed by atoms with van der Waals surface area (Å²) in [5.74, 6) is 0.297. The van der Waals surface area contributed by atoms with Crippen LogP contribution in [0.2, 0.25) is 0 Å². The Labute approximate surface area is 77.2 Å². The van der Waals surface area contributed by atoms with E-state index in [1.54, 1.807) is 6.07 Å². The van der Waals surface area contributed by atoms with E-state index < -0.39 is 0 Å². The Morgan fingerprint density at radius 2 is 2.15 bits per heavy atom. The number of hydrogen-bond donors (Lipinski definition) is 1. The first-order chi connectivity index (χ1) is 6.18. The maximum Gasteiger partial charge on any atom is 0.130 e. The molecule has 1 N–H and O–H groups in total. The standard InChI is InChI=1S/C11H12O2/c1-8-6-9(2-3-10(8)13)11(7-12)4-5-11/h2-3,6-7,13H,4-5H2,1H3. The van der Waals surface area contributed by atoms with Crippen LogP contribution < -0.4 is 0 Å². The largest absolute Gasteiger partial charge is 0.508 e. The minimum absolute atomic E-state index is 0.224. The van der Waals surface area contributed by atoms with Crippen LogP contribution in [0, 0.1) is 6.92 Å². The van der Waals surface area contributed by atoms with Gasteiger partial charge in [-0.25, -0.2) is 0 Å². The smallest absolute Gasteiger partial charge is 0.130 e. The second kappa shape index (κ2) is 2.59. The van der Waals surface area contributed by atoms with Crippen LogP contribution in [0.5, 0.6) is 5.75 Å². The van der Waals surface area contributed by atoms with Crippen molar-refractivity contribution in [2.45, 2.75) is 25.2 Å². The highest BCUT2D eigenvalue weighted by atomic mass is 16.3. The number of aryl methyl sites for hydroxylation is 1. The first-order valence-electron chi connectivity index (χ1n) is 4.44. The summed E-state index contributed by atoms with van der Waals surface area (Å²) in [5.41, 5.74) is 1.65. The summed E-state index contributed by atoms with van der Waals surface area (Å²) in [6.07, 6.45) is 2.92. The maximum atomic E-state index is 10.8. The van der Waals surface area contributed by atoms with E-state index in [0.717, 1.165) is 30.3 Å². The molecule has 13 heavy (non-hydrogen) atoms. The average Bonchev–Trinajstić information content (AvgIpc) is 2.90. The minimum atomic E-state index is -0.224. The highest BCUT2D eigenvalue weighted by Crippen LogP contribution is 2.46. The van der Waals surface area contributed by atoms with E-state index in [9.17, 15) is 9.90 Å². The summed E-state index contributed by atoms with van der Waals surface area (Å²) < 4.78 is 0. The fourth-order valence-electron chi connectivity index (χ4n) is 1.57. The number of hydrogen-bond acceptors (Lipinski definition) is 2. The molecule has 1 fully saturated rings. The number of phenolic OH excluding ortho intramolecular Hbond substituents is 1. The number of benzene rings is 1. The molecule has 2 heteroatoms. The number of carbonyl (C=O) groups is 1. The van der Waals surface area contributed by atoms with Crippen LogP contribution in [0.15, 0.2) is 18.2 Å². The summed E-state index contributed by atoms with van der Waals surface area (Å²) in [6, 6.07) is 5.40. The predicted octanol–water partition coefficient (Wildman–Crippen LogP) is 1.93. The third-order valence-electron chi connectivity index (χ3n) is 2.79. The summed E-state index contributed by atoms with van der Waals surface area (Å²) in [6.45, 7) is 1.85. The molecule has 1 aromatic carbocycles. The lowest BCUT2D eigenvalue weighted by Gasteiger charge is -2.08. The van der Waals surface area contributed by atoms with Gasteiger partial charge in [0.05, 0.1) is 5.41 Å². The molecule has 68 valence electrons. The van der Waals surface area contributed by atoms with Crippen molar-refractivity contribution < 1.29 is 9.90 Å². The van der Waals surface area contributed by atoms with E-state index in [2.05, 4.69) is 0 Å². The van der Waals surface area contributed by atoms with Gasteiger partial charge >= 0.3 is 0 Å². The normalized spacial score (nSPS) is 18.2. The van der Waals surface area contributed by atoms with E-state index in [0.29, 0.717) is 5.75 Å². The molecule has 0 heterocycles. The molecule has 1 saturated carbocycles. The molecule has 1 aliphatic rings. The summed E-state index contributed by atoms with van der Waals surface area (Å²) in [4.78, 5) is 10.8. The van der Waals surface area contributed by atoms with Gasteiger partial charge < -0.3 is 9.90 Å². The lowest BCUT2D eigenvalue weighted by Crippen LogP contribution is -2.07. The molecule has 0 atom stereocenters. The van der Waals surface area contributed by atoms with Crippen LogP contribution in [0.3, 0.4) is 0 Å². The van der Waals surface area contributed by atoms with E-state index in [1.807, 2.05) is 19.1 Å². The Hall–Kier alpha value is -1.31. The topological polar surface area (TPSA) is 37.3 Å². The lowest BCUT2D eigenvalue weighted by atomic mass is 9.96. The van der Waals surface area contributed by atoms with Crippen LogP contribution in [-0.4, -0.2) is 11.4 Å². The number of rotatable bonds is 2. The molecule has 1 aliphatic carbocycles. The number of aromatic hydroxyl groups is 1. The molecule has 0 saturated heterocycles. The van der Waals surface area contributed by atoms with Crippen LogP contribution in [0.1, 0.15) is 24.0 Å². The van der Waals surface area contributed by atoms with Gasteiger partial charge in [0.25, 0.3) is 0 Å². The van der Waals surface area contributed by atoms with Gasteiger partial charge in [-0.2, -0.15) is 0 Å². The molecule has 1 aromatic rings. The third kappa shape index (κ3) is 1.22. The Morgan fingerprint density at radius 3 is 2.62 bits per heavy atom. The van der Waals surface area contributed by atoms with Crippen molar-refractivity contribution in [3.8, 4) is 5.75 Å². The van der Waals surface area contributed by atoms with Crippen LogP contribution in [0.4, 0.5) is 0 Å². The SMILES string of the molecule is Cc1cc(C2(C=O)CC2)ccc1O. The molecule has 0 radical (unpaired) electrons. The summed E-state index contributed by atoms with van der Waals surface area (Å²) >= 11 is 0. The Bertz CT molecular complexity index is 351. The highest BCUT2D eigenvalue weighted by Gasteiger charge is 2.44. The van der Waals surface area contributed by atoms with Crippen LogP contribution in [-0.2, 0) is 10.2 Å². The van der Waals surface area contributed by atoms with Crippen molar-refractivity contribution >= 4 is 6.29 Å². The molecular weight excluding hydrogens is 164 g/mol. The van der Waals surface area contributed by atoms with Gasteiger partial charge in [-0.15, -0.1) is 0 Å². The predicted molar refractivity (Wildman–Crippen MR) is 49.8 cm³/mol. The lowest BCUT2D eigenvalue weighted by molar-refractivity contribution is -0.109. The summed E-state index contributed by atoms with van der Waals surface area (Å²) in [7, 11) is 0. The Kier molecular flexibility index (Phi) is 1.65. The minimum Gasteiger partial charge on any atom is -0.508 e. The van der Waals surface area contributed by atoms with E-state index in [4.69, 9.17) is 0 Å². The summed E-state index contributed by atoms with van der Waals surface area (Å²) in [5, 5.41) is 9.31. The molecule has 2 rings (SSSR count). The fraction of sp³-hybridized carbons (Fsp3) is 0.364. The van der Waals surface area contributed by atoms with E-state index >= 15 is 0 Å². The van der Waals surface area contributed by atoms with Gasteiger partial charge in [0, 0.05) is 0 Å². The first kappa shape index (κ1) is 8.30. The van der Waals surface area contributed by atoms with Gasteiger partial charge in [0.1, 0.15) is 12.0 Å². The zero-order valence-corrected chi connectivity index (χ0v) is 7.58. The van der Waals surface area contributed by atoms with Gasteiger partial charge in [-0.1, -0.05) is 12.1 Å². The van der Waals surface area contributed by atoms with Gasteiger partial charge in [-0.05, 0) is 37.0 Å². The zero-order chi connectivity index (χ0) is 9.47. The zero-order valence-electron chi connectivity index (χ0n) is 7.58. The molecule has 0 aliphatic heterocycles. The van der Waals surface area contributed by atoms with Crippen LogP contribution >= 0.6 is 0 Å².